The van der Waals surface area contributed by atoms with Gasteiger partial charge in [0.1, 0.15) is 0 Å². The van der Waals surface area contributed by atoms with E-state index in [1.807, 2.05) is 0 Å². The summed E-state index contributed by atoms with van der Waals surface area (Å²) in [7, 11) is 0. The Labute approximate surface area is 141 Å². The lowest BCUT2D eigenvalue weighted by Gasteiger charge is -2.08. The second kappa shape index (κ2) is 4.36. The van der Waals surface area contributed by atoms with Gasteiger partial charge in [-0.05, 0) is 80.3 Å². The van der Waals surface area contributed by atoms with Crippen molar-refractivity contribution in [3.05, 3.63) is 95.1 Å². The van der Waals surface area contributed by atoms with Gasteiger partial charge in [0, 0.05) is 0 Å². The van der Waals surface area contributed by atoms with E-state index in [-0.39, 0.29) is 0 Å². The molecular weight excluding hydrogens is 288 g/mol. The van der Waals surface area contributed by atoms with Gasteiger partial charge in [0.25, 0.3) is 0 Å². The highest BCUT2D eigenvalue weighted by Gasteiger charge is 2.21. The summed E-state index contributed by atoms with van der Waals surface area (Å²) in [4.78, 5) is 0. The molecule has 0 fully saturated rings. The van der Waals surface area contributed by atoms with Gasteiger partial charge in [-0.3, -0.25) is 0 Å². The normalized spacial score (nSPS) is 13.5. The molecule has 24 heavy (non-hydrogen) atoms. The molecule has 0 nitrogen and oxygen atoms in total. The van der Waals surface area contributed by atoms with E-state index in [1.165, 1.54) is 55.3 Å². The van der Waals surface area contributed by atoms with Gasteiger partial charge in [0.2, 0.25) is 0 Å². The Bertz CT molecular complexity index is 1060. The molecule has 0 N–H and O–H groups in total. The molecule has 4 aromatic carbocycles. The molecule has 0 heteroatoms. The summed E-state index contributed by atoms with van der Waals surface area (Å²) >= 11 is 0. The third-order valence-corrected chi connectivity index (χ3v) is 5.66. The molecule has 2 aliphatic carbocycles. The fraction of sp³-hybridized carbons (Fsp3) is 0.0833. The number of fused-ring (bicyclic) bond motifs is 7. The molecule has 0 aromatic heterocycles. The van der Waals surface area contributed by atoms with E-state index >= 15 is 0 Å². The van der Waals surface area contributed by atoms with Crippen LogP contribution in [-0.2, 0) is 12.8 Å². The first-order valence-electron chi connectivity index (χ1n) is 8.63. The van der Waals surface area contributed by atoms with Crippen LogP contribution in [0.3, 0.4) is 0 Å². The predicted octanol–water partition coefficient (Wildman–Crippen LogP) is 5.98. The minimum Gasteiger partial charge on any atom is -0.0619 e. The largest absolute Gasteiger partial charge is 0.0619 e. The minimum atomic E-state index is 1.06. The van der Waals surface area contributed by atoms with Crippen molar-refractivity contribution in [2.75, 3.05) is 0 Å². The fourth-order valence-corrected chi connectivity index (χ4v) is 4.52. The van der Waals surface area contributed by atoms with Gasteiger partial charge in [0.15, 0.2) is 0 Å². The third kappa shape index (κ3) is 1.58. The van der Waals surface area contributed by atoms with Crippen molar-refractivity contribution in [1.29, 1.82) is 0 Å². The van der Waals surface area contributed by atoms with Gasteiger partial charge in [-0.2, -0.15) is 0 Å². The molecule has 0 saturated heterocycles. The van der Waals surface area contributed by atoms with Crippen molar-refractivity contribution >= 4 is 10.8 Å². The van der Waals surface area contributed by atoms with Crippen molar-refractivity contribution < 1.29 is 0 Å². The summed E-state index contributed by atoms with van der Waals surface area (Å²) < 4.78 is 0. The molecule has 4 aromatic rings. The Kier molecular flexibility index (Phi) is 2.28. The summed E-state index contributed by atoms with van der Waals surface area (Å²) in [5.41, 5.74) is 11.5. The van der Waals surface area contributed by atoms with Crippen LogP contribution in [0, 0.1) is 0 Å². The van der Waals surface area contributed by atoms with Crippen LogP contribution >= 0.6 is 0 Å². The zero-order chi connectivity index (χ0) is 15.7. The average Bonchev–Trinajstić information content (AvgIpc) is 3.15. The van der Waals surface area contributed by atoms with Crippen molar-refractivity contribution in [2.45, 2.75) is 12.8 Å². The van der Waals surface area contributed by atoms with Crippen LogP contribution in [-0.4, -0.2) is 0 Å². The predicted molar refractivity (Wildman–Crippen MR) is 100 cm³/mol. The Hall–Kier alpha value is -2.86. The lowest BCUT2D eigenvalue weighted by Crippen LogP contribution is -1.85. The zero-order valence-corrected chi connectivity index (χ0v) is 13.3. The first kappa shape index (κ1) is 12.5. The molecule has 0 atom stereocenters. The number of hydrogen-bond donors (Lipinski definition) is 0. The Morgan fingerprint density at radius 1 is 0.417 bits per heavy atom. The van der Waals surface area contributed by atoms with Gasteiger partial charge < -0.3 is 0 Å². The van der Waals surface area contributed by atoms with E-state index < -0.39 is 0 Å². The van der Waals surface area contributed by atoms with Crippen LogP contribution < -0.4 is 0 Å². The van der Waals surface area contributed by atoms with Crippen molar-refractivity contribution in [3.63, 3.8) is 0 Å². The van der Waals surface area contributed by atoms with Crippen LogP contribution in [0.5, 0.6) is 0 Å². The van der Waals surface area contributed by atoms with Gasteiger partial charge >= 0.3 is 0 Å². The second-order valence-electron chi connectivity index (χ2n) is 7.03. The van der Waals surface area contributed by atoms with Gasteiger partial charge in [-0.1, -0.05) is 60.7 Å². The summed E-state index contributed by atoms with van der Waals surface area (Å²) in [5, 5.41) is 2.74. The van der Waals surface area contributed by atoms with Gasteiger partial charge in [-0.25, -0.2) is 0 Å². The van der Waals surface area contributed by atoms with E-state index in [0.717, 1.165) is 12.8 Å². The quantitative estimate of drug-likeness (QED) is 0.324. The molecule has 0 amide bonds. The topological polar surface area (TPSA) is 0 Å². The molecule has 0 saturated carbocycles. The maximum absolute atomic E-state index is 2.41. The second-order valence-corrected chi connectivity index (χ2v) is 7.03. The van der Waals surface area contributed by atoms with Crippen LogP contribution in [0.2, 0.25) is 0 Å². The molecule has 0 aliphatic heterocycles. The molecule has 0 spiro atoms. The lowest BCUT2D eigenvalue weighted by molar-refractivity contribution is 1.26. The number of benzene rings is 4. The summed E-state index contributed by atoms with van der Waals surface area (Å²) in [6.07, 6.45) is 2.13. The minimum absolute atomic E-state index is 1.06. The first-order chi connectivity index (χ1) is 11.9. The molecule has 0 unspecified atom stereocenters. The van der Waals surface area contributed by atoms with Crippen LogP contribution in [0.4, 0.5) is 0 Å². The van der Waals surface area contributed by atoms with Crippen LogP contribution in [0.25, 0.3) is 33.0 Å². The van der Waals surface area contributed by atoms with Gasteiger partial charge in [0.05, 0.1) is 0 Å². The highest BCUT2D eigenvalue weighted by atomic mass is 14.3. The molecule has 2 aliphatic rings. The first-order valence-corrected chi connectivity index (χ1v) is 8.63. The maximum Gasteiger partial charge on any atom is -0.00132 e. The molecular formula is C24H16. The Balaban J connectivity index is 1.61. The average molecular weight is 304 g/mol. The molecule has 0 heterocycles. The highest BCUT2D eigenvalue weighted by molar-refractivity contribution is 5.96. The SMILES string of the molecule is c1ccc2c(c1)Cc1cc3cc4c(cc3cc1-2)Cc1ccccc1-4. The van der Waals surface area contributed by atoms with Crippen molar-refractivity contribution in [1.82, 2.24) is 0 Å². The van der Waals surface area contributed by atoms with E-state index in [9.17, 15) is 0 Å². The van der Waals surface area contributed by atoms with E-state index in [4.69, 9.17) is 0 Å². The maximum atomic E-state index is 2.41. The molecule has 112 valence electrons. The fourth-order valence-electron chi connectivity index (χ4n) is 4.52. The van der Waals surface area contributed by atoms with Crippen LogP contribution in [0.15, 0.2) is 72.8 Å². The highest BCUT2D eigenvalue weighted by Crippen LogP contribution is 2.42. The molecule has 6 rings (SSSR count). The van der Waals surface area contributed by atoms with Crippen LogP contribution in [0.1, 0.15) is 22.3 Å². The van der Waals surface area contributed by atoms with Gasteiger partial charge in [-0.15, -0.1) is 0 Å². The summed E-state index contributed by atoms with van der Waals surface area (Å²) in [6, 6.07) is 27.3. The summed E-state index contributed by atoms with van der Waals surface area (Å²) in [6.45, 7) is 0. The van der Waals surface area contributed by atoms with E-state index in [0.29, 0.717) is 0 Å². The van der Waals surface area contributed by atoms with E-state index in [1.54, 1.807) is 0 Å². The summed E-state index contributed by atoms with van der Waals surface area (Å²) in [5.74, 6) is 0. The third-order valence-electron chi connectivity index (χ3n) is 5.66. The zero-order valence-electron chi connectivity index (χ0n) is 13.3. The molecule has 0 radical (unpaired) electrons. The monoisotopic (exact) mass is 304 g/mol. The Morgan fingerprint density at radius 2 is 0.875 bits per heavy atom. The lowest BCUT2D eigenvalue weighted by atomic mass is 9.96. The standard InChI is InChI=1S/C24H16/c1-3-7-21-15(5-1)9-19-11-17-14-24-20(12-18(17)13-23(19)21)10-16-6-2-4-8-22(16)24/h1-8,11-14H,9-10H2. The van der Waals surface area contributed by atoms with Crippen molar-refractivity contribution in [3.8, 4) is 22.3 Å². The van der Waals surface area contributed by atoms with Crippen molar-refractivity contribution in [2.24, 2.45) is 0 Å². The molecule has 0 bridgehead atoms. The number of rotatable bonds is 0. The van der Waals surface area contributed by atoms with E-state index in [2.05, 4.69) is 72.8 Å². The smallest absolute Gasteiger partial charge is 0.00132 e. The number of hydrogen-bond acceptors (Lipinski definition) is 0. The Morgan fingerprint density at radius 3 is 1.38 bits per heavy atom.